The Morgan fingerprint density at radius 1 is 1.08 bits per heavy atom. The number of rotatable bonds is 9. The predicted octanol–water partition coefficient (Wildman–Crippen LogP) is -0.634. The summed E-state index contributed by atoms with van der Waals surface area (Å²) < 4.78 is 26.7. The van der Waals surface area contributed by atoms with Gasteiger partial charge in [0.1, 0.15) is 24.4 Å². The van der Waals surface area contributed by atoms with Gasteiger partial charge in [0.15, 0.2) is 17.8 Å². The Kier molecular flexibility index (Phi) is 10.1. The second kappa shape index (κ2) is 13.0. The Balaban J connectivity index is 1.71. The zero-order valence-corrected chi connectivity index (χ0v) is 20.8. The smallest absolute Gasteiger partial charge is 0.337 e. The third-order valence-corrected chi connectivity index (χ3v) is 6.29. The highest BCUT2D eigenvalue weighted by molar-refractivity contribution is 5.90. The third-order valence-electron chi connectivity index (χ3n) is 6.29. The Hall–Kier alpha value is -3.20. The van der Waals surface area contributed by atoms with Crippen LogP contribution < -0.4 is 0 Å². The number of aliphatic hydroxyl groups excluding tert-OH is 4. The molecule has 2 heterocycles. The van der Waals surface area contributed by atoms with Crippen molar-refractivity contribution in [3.05, 3.63) is 47.2 Å². The molecular formula is C25H32O13. The summed E-state index contributed by atoms with van der Waals surface area (Å²) in [4.78, 5) is 25.1. The lowest BCUT2D eigenvalue weighted by Gasteiger charge is -2.41. The quantitative estimate of drug-likeness (QED) is 0.131. The van der Waals surface area contributed by atoms with E-state index < -0.39 is 61.5 Å². The number of methoxy groups -OCH3 is 1. The fraction of sp³-hybridized carbons (Fsp3) is 0.520. The van der Waals surface area contributed by atoms with E-state index in [1.165, 1.54) is 12.1 Å². The Morgan fingerprint density at radius 2 is 1.82 bits per heavy atom. The topological polar surface area (TPSA) is 202 Å². The minimum Gasteiger partial charge on any atom is -0.504 e. The summed E-state index contributed by atoms with van der Waals surface area (Å²) >= 11 is 0. The molecule has 0 radical (unpaired) electrons. The summed E-state index contributed by atoms with van der Waals surface area (Å²) in [6, 6.07) is 4.23. The van der Waals surface area contributed by atoms with Crippen LogP contribution in [0.25, 0.3) is 0 Å². The van der Waals surface area contributed by atoms with Crippen LogP contribution in [0.1, 0.15) is 18.9 Å². The molecular weight excluding hydrogens is 508 g/mol. The first kappa shape index (κ1) is 29.4. The lowest BCUT2D eigenvalue weighted by molar-refractivity contribution is -0.327. The van der Waals surface area contributed by atoms with E-state index in [9.17, 15) is 40.2 Å². The Morgan fingerprint density at radius 3 is 2.45 bits per heavy atom. The maximum atomic E-state index is 12.7. The molecule has 13 nitrogen and oxygen atoms in total. The van der Waals surface area contributed by atoms with Crippen molar-refractivity contribution in [2.45, 2.75) is 56.8 Å². The Bertz CT molecular complexity index is 1050. The van der Waals surface area contributed by atoms with Crippen LogP contribution in [-0.4, -0.2) is 99.9 Å². The number of hydrogen-bond acceptors (Lipinski definition) is 13. The molecule has 7 atom stereocenters. The number of phenols is 2. The highest BCUT2D eigenvalue weighted by atomic mass is 16.8. The molecule has 0 aromatic heterocycles. The Labute approximate surface area is 218 Å². The van der Waals surface area contributed by atoms with Crippen LogP contribution in [0.2, 0.25) is 0 Å². The summed E-state index contributed by atoms with van der Waals surface area (Å²) in [6.07, 6.45) is -6.39. The van der Waals surface area contributed by atoms with Gasteiger partial charge in [0, 0.05) is 17.9 Å². The van der Waals surface area contributed by atoms with Crippen molar-refractivity contribution in [1.29, 1.82) is 0 Å². The molecule has 2 aliphatic rings. The number of aliphatic hydroxyl groups is 4. The van der Waals surface area contributed by atoms with Gasteiger partial charge in [-0.25, -0.2) is 4.79 Å². The summed E-state index contributed by atoms with van der Waals surface area (Å²) in [5.41, 5.74) is 0.927. The largest absolute Gasteiger partial charge is 0.504 e. The van der Waals surface area contributed by atoms with Gasteiger partial charge < -0.3 is 54.3 Å². The van der Waals surface area contributed by atoms with Crippen molar-refractivity contribution >= 4 is 11.9 Å². The van der Waals surface area contributed by atoms with E-state index in [0.717, 1.165) is 13.4 Å². The van der Waals surface area contributed by atoms with Crippen LogP contribution in [0.4, 0.5) is 0 Å². The fourth-order valence-electron chi connectivity index (χ4n) is 4.16. The minimum atomic E-state index is -1.69. The van der Waals surface area contributed by atoms with E-state index in [4.69, 9.17) is 23.7 Å². The van der Waals surface area contributed by atoms with Gasteiger partial charge in [-0.2, -0.15) is 0 Å². The van der Waals surface area contributed by atoms with Crippen molar-refractivity contribution in [3.8, 4) is 11.5 Å². The van der Waals surface area contributed by atoms with Crippen molar-refractivity contribution in [2.24, 2.45) is 5.92 Å². The predicted molar refractivity (Wildman–Crippen MR) is 126 cm³/mol. The number of carbonyl (C=O) groups excluding carboxylic acids is 2. The van der Waals surface area contributed by atoms with E-state index in [-0.39, 0.29) is 36.5 Å². The summed E-state index contributed by atoms with van der Waals surface area (Å²) in [7, 11) is 1.16. The minimum absolute atomic E-state index is 0.00894. The average Bonchev–Trinajstić information content (AvgIpc) is 2.90. The van der Waals surface area contributed by atoms with Crippen LogP contribution in [0.3, 0.4) is 0 Å². The van der Waals surface area contributed by atoms with Gasteiger partial charge in [-0.05, 0) is 24.6 Å². The molecule has 0 bridgehead atoms. The van der Waals surface area contributed by atoms with Gasteiger partial charge in [0.05, 0.1) is 38.6 Å². The molecule has 210 valence electrons. The SMILES string of the molecule is CC=C1[C@H](O[C@@H]2O[C@H](CO)[C@@H](O)[C@@H](O)[C@H]2O)OC=C(C(=O)OC)[C@H]1CC(=O)OCCc1ccc(O)c(O)c1. The first-order valence-corrected chi connectivity index (χ1v) is 11.8. The number of phenolic OH excluding ortho intramolecular Hbond substituents is 2. The molecule has 1 saturated heterocycles. The maximum Gasteiger partial charge on any atom is 0.337 e. The van der Waals surface area contributed by atoms with Gasteiger partial charge >= 0.3 is 11.9 Å². The first-order chi connectivity index (χ1) is 18.1. The van der Waals surface area contributed by atoms with E-state index in [0.29, 0.717) is 11.1 Å². The lowest BCUT2D eigenvalue weighted by Crippen LogP contribution is -2.60. The second-order valence-corrected chi connectivity index (χ2v) is 8.71. The third kappa shape index (κ3) is 6.62. The number of allylic oxidation sites excluding steroid dienone is 1. The number of ether oxygens (including phenoxy) is 5. The van der Waals surface area contributed by atoms with Crippen molar-refractivity contribution in [2.75, 3.05) is 20.3 Å². The summed E-state index contributed by atoms with van der Waals surface area (Å²) in [5, 5.41) is 58.8. The van der Waals surface area contributed by atoms with Crippen LogP contribution in [0.5, 0.6) is 11.5 Å². The number of aromatic hydroxyl groups is 2. The van der Waals surface area contributed by atoms with Gasteiger partial charge in [-0.15, -0.1) is 0 Å². The van der Waals surface area contributed by atoms with E-state index in [1.807, 2.05) is 0 Å². The zero-order chi connectivity index (χ0) is 28.0. The molecule has 38 heavy (non-hydrogen) atoms. The van der Waals surface area contributed by atoms with E-state index >= 15 is 0 Å². The van der Waals surface area contributed by atoms with Crippen LogP contribution in [0.15, 0.2) is 41.7 Å². The number of hydrogen-bond donors (Lipinski definition) is 6. The van der Waals surface area contributed by atoms with Crippen molar-refractivity contribution in [1.82, 2.24) is 0 Å². The lowest BCUT2D eigenvalue weighted by atomic mass is 9.86. The summed E-state index contributed by atoms with van der Waals surface area (Å²) in [5.74, 6) is -2.89. The molecule has 13 heteroatoms. The molecule has 3 rings (SSSR count). The molecule has 0 saturated carbocycles. The number of esters is 2. The maximum absolute atomic E-state index is 12.7. The van der Waals surface area contributed by atoms with Gasteiger partial charge in [-0.3, -0.25) is 4.79 Å². The molecule has 0 amide bonds. The second-order valence-electron chi connectivity index (χ2n) is 8.71. The first-order valence-electron chi connectivity index (χ1n) is 11.8. The highest BCUT2D eigenvalue weighted by Gasteiger charge is 2.46. The molecule has 6 N–H and O–H groups in total. The fourth-order valence-corrected chi connectivity index (χ4v) is 4.16. The van der Waals surface area contributed by atoms with Gasteiger partial charge in [0.25, 0.3) is 0 Å². The molecule has 1 aromatic rings. The van der Waals surface area contributed by atoms with Crippen molar-refractivity contribution < 1.29 is 63.9 Å². The van der Waals surface area contributed by atoms with Gasteiger partial charge in [0.2, 0.25) is 6.29 Å². The van der Waals surface area contributed by atoms with E-state index in [2.05, 4.69) is 0 Å². The van der Waals surface area contributed by atoms with Crippen molar-refractivity contribution in [3.63, 3.8) is 0 Å². The van der Waals surface area contributed by atoms with Crippen LogP contribution in [-0.2, 0) is 39.7 Å². The summed E-state index contributed by atoms with van der Waals surface area (Å²) in [6.45, 7) is 0.912. The number of carbonyl (C=O) groups is 2. The van der Waals surface area contributed by atoms with Crippen LogP contribution >= 0.6 is 0 Å². The highest BCUT2D eigenvalue weighted by Crippen LogP contribution is 2.36. The standard InChI is InChI=1S/C25H32O13/c1-3-13-14(9-19(29)35-7-6-12-4-5-16(27)17(28)8-12)15(23(33)34-2)11-36-24(13)38-25-22(32)21(31)20(30)18(10-26)37-25/h3-5,8,11,14,18,20-22,24-28,30-32H,6-7,9-10H2,1-2H3/t14-,18+,20+,21+,22+,24-,25-/m0/s1. The van der Waals surface area contributed by atoms with Gasteiger partial charge in [-0.1, -0.05) is 12.1 Å². The molecule has 0 aliphatic carbocycles. The molecule has 2 aliphatic heterocycles. The molecule has 0 unspecified atom stereocenters. The zero-order valence-electron chi connectivity index (χ0n) is 20.8. The average molecular weight is 541 g/mol. The van der Waals surface area contributed by atoms with E-state index in [1.54, 1.807) is 19.1 Å². The van der Waals surface area contributed by atoms with Crippen LogP contribution in [0, 0.1) is 5.92 Å². The number of benzene rings is 1. The molecule has 1 fully saturated rings. The molecule has 0 spiro atoms. The molecule has 1 aromatic carbocycles. The monoisotopic (exact) mass is 540 g/mol. The normalized spacial score (nSPS) is 30.3.